The van der Waals surface area contributed by atoms with Gasteiger partial charge < -0.3 is 10.2 Å². The Morgan fingerprint density at radius 2 is 1.59 bits per heavy atom. The molecule has 0 radical (unpaired) electrons. The Balaban J connectivity index is 1.56. The lowest BCUT2D eigenvalue weighted by molar-refractivity contribution is -0.126. The van der Waals surface area contributed by atoms with Gasteiger partial charge in [0.15, 0.2) is 0 Å². The number of benzene rings is 2. The lowest BCUT2D eigenvalue weighted by Gasteiger charge is -2.31. The van der Waals surface area contributed by atoms with Crippen molar-refractivity contribution in [1.29, 1.82) is 0 Å². The van der Waals surface area contributed by atoms with E-state index in [1.807, 2.05) is 6.92 Å². The summed E-state index contributed by atoms with van der Waals surface area (Å²) in [4.78, 5) is 27.0. The summed E-state index contributed by atoms with van der Waals surface area (Å²) in [7, 11) is -3.69. The van der Waals surface area contributed by atoms with Gasteiger partial charge in [0, 0.05) is 36.8 Å². The van der Waals surface area contributed by atoms with Crippen molar-refractivity contribution in [2.24, 2.45) is 11.8 Å². The minimum absolute atomic E-state index is 0.0589. The molecule has 0 unspecified atom stereocenters. The highest BCUT2D eigenvalue weighted by atomic mass is 32.2. The quantitative estimate of drug-likeness (QED) is 0.666. The van der Waals surface area contributed by atoms with Crippen molar-refractivity contribution >= 4 is 27.5 Å². The van der Waals surface area contributed by atoms with Gasteiger partial charge in [0.1, 0.15) is 0 Å². The highest BCUT2D eigenvalue weighted by Gasteiger charge is 2.27. The second kappa shape index (κ2) is 10.2. The zero-order chi connectivity index (χ0) is 23.3. The van der Waals surface area contributed by atoms with Crippen molar-refractivity contribution in [1.82, 2.24) is 10.2 Å². The lowest BCUT2D eigenvalue weighted by atomic mass is 9.95. The Morgan fingerprint density at radius 1 is 1.00 bits per heavy atom. The van der Waals surface area contributed by atoms with E-state index in [4.69, 9.17) is 0 Å². The van der Waals surface area contributed by atoms with Gasteiger partial charge in [-0.15, -0.1) is 0 Å². The Kier molecular flexibility index (Phi) is 7.56. The Labute approximate surface area is 190 Å². The van der Waals surface area contributed by atoms with Gasteiger partial charge in [-0.2, -0.15) is 0 Å². The van der Waals surface area contributed by atoms with Crippen molar-refractivity contribution in [2.45, 2.75) is 38.5 Å². The van der Waals surface area contributed by atoms with Crippen LogP contribution < -0.4 is 10.0 Å². The van der Waals surface area contributed by atoms with Crippen molar-refractivity contribution in [3.05, 3.63) is 59.7 Å². The van der Waals surface area contributed by atoms with E-state index in [1.165, 1.54) is 0 Å². The molecule has 1 aliphatic rings. The summed E-state index contributed by atoms with van der Waals surface area (Å²) in [6, 6.07) is 13.0. The van der Waals surface area contributed by atoms with Crippen LogP contribution in [0.25, 0.3) is 0 Å². The average Bonchev–Trinajstić information content (AvgIpc) is 2.77. The third-order valence-corrected chi connectivity index (χ3v) is 6.95. The van der Waals surface area contributed by atoms with Crippen LogP contribution in [-0.4, -0.2) is 44.8 Å². The van der Waals surface area contributed by atoms with E-state index >= 15 is 0 Å². The molecular weight excluding hydrogens is 426 g/mol. The van der Waals surface area contributed by atoms with Gasteiger partial charge >= 0.3 is 0 Å². The fourth-order valence-electron chi connectivity index (χ4n) is 3.59. The van der Waals surface area contributed by atoms with Crippen LogP contribution >= 0.6 is 0 Å². The molecule has 8 heteroatoms. The van der Waals surface area contributed by atoms with Crippen LogP contribution in [0.15, 0.2) is 53.4 Å². The van der Waals surface area contributed by atoms with Gasteiger partial charge in [-0.3, -0.25) is 14.3 Å². The maximum Gasteiger partial charge on any atom is 0.261 e. The van der Waals surface area contributed by atoms with E-state index in [-0.39, 0.29) is 22.6 Å². The maximum atomic E-state index is 12.8. The highest BCUT2D eigenvalue weighted by Crippen LogP contribution is 2.21. The molecular formula is C24H31N3O4S. The van der Waals surface area contributed by atoms with Crippen LogP contribution in [0.3, 0.4) is 0 Å². The zero-order valence-corrected chi connectivity index (χ0v) is 19.6. The fourth-order valence-corrected chi connectivity index (χ4v) is 4.65. The number of nitrogens with zero attached hydrogens (tertiary/aromatic N) is 1. The van der Waals surface area contributed by atoms with E-state index in [0.29, 0.717) is 49.6 Å². The summed E-state index contributed by atoms with van der Waals surface area (Å²) in [5.74, 6) is 0.302. The molecule has 0 atom stereocenters. The molecule has 1 fully saturated rings. The number of hydrogen-bond acceptors (Lipinski definition) is 4. The molecule has 32 heavy (non-hydrogen) atoms. The monoisotopic (exact) mass is 457 g/mol. The number of anilines is 1. The third kappa shape index (κ3) is 6.09. The maximum absolute atomic E-state index is 12.8. The van der Waals surface area contributed by atoms with Crippen LogP contribution in [-0.2, 0) is 14.8 Å². The van der Waals surface area contributed by atoms with Crippen LogP contribution in [0.2, 0.25) is 0 Å². The summed E-state index contributed by atoms with van der Waals surface area (Å²) in [5.41, 5.74) is 1.86. The summed E-state index contributed by atoms with van der Waals surface area (Å²) < 4.78 is 27.6. The molecule has 0 bridgehead atoms. The van der Waals surface area contributed by atoms with Gasteiger partial charge in [-0.1, -0.05) is 31.5 Å². The zero-order valence-electron chi connectivity index (χ0n) is 18.8. The van der Waals surface area contributed by atoms with E-state index in [0.717, 1.165) is 5.56 Å². The van der Waals surface area contributed by atoms with E-state index < -0.39 is 10.0 Å². The number of hydrogen-bond donors (Lipinski definition) is 2. The first-order valence-electron chi connectivity index (χ1n) is 10.9. The van der Waals surface area contributed by atoms with Crippen molar-refractivity contribution in [3.63, 3.8) is 0 Å². The second-order valence-corrected chi connectivity index (χ2v) is 10.4. The minimum atomic E-state index is -3.69. The first kappa shape index (κ1) is 23.8. The second-order valence-electron chi connectivity index (χ2n) is 8.70. The number of nitrogens with one attached hydrogen (secondary N) is 2. The van der Waals surface area contributed by atoms with E-state index in [9.17, 15) is 18.0 Å². The summed E-state index contributed by atoms with van der Waals surface area (Å²) >= 11 is 0. The Bertz CT molecular complexity index is 1040. The predicted molar refractivity (Wildman–Crippen MR) is 125 cm³/mol. The number of carbonyl (C=O) groups is 2. The topological polar surface area (TPSA) is 95.6 Å². The fraction of sp³-hybridized carbons (Fsp3) is 0.417. The summed E-state index contributed by atoms with van der Waals surface area (Å²) in [6.07, 6.45) is 1.29. The van der Waals surface area contributed by atoms with Crippen molar-refractivity contribution in [3.8, 4) is 0 Å². The average molecular weight is 458 g/mol. The Morgan fingerprint density at radius 3 is 2.16 bits per heavy atom. The lowest BCUT2D eigenvalue weighted by Crippen LogP contribution is -2.43. The number of aryl methyl sites for hydroxylation is 1. The molecule has 2 N–H and O–H groups in total. The smallest absolute Gasteiger partial charge is 0.261 e. The molecule has 1 aliphatic heterocycles. The number of carbonyl (C=O) groups excluding carboxylic acids is 2. The van der Waals surface area contributed by atoms with Crippen molar-refractivity contribution in [2.75, 3.05) is 24.4 Å². The summed E-state index contributed by atoms with van der Waals surface area (Å²) in [6.45, 7) is 7.73. The molecule has 172 valence electrons. The number of sulfonamides is 1. The first-order chi connectivity index (χ1) is 15.2. The van der Waals surface area contributed by atoms with Crippen LogP contribution in [0, 0.1) is 18.8 Å². The third-order valence-electron chi connectivity index (χ3n) is 5.55. The molecule has 0 aliphatic carbocycles. The standard InChI is InChI=1S/C24H31N3O4S/c1-17(2)16-25-23(28)19-12-14-27(15-13-19)24(29)20-6-8-21(9-7-20)26-32(30,31)22-10-4-18(3)5-11-22/h4-11,17,19,26H,12-16H2,1-3H3,(H,25,28). The molecule has 0 spiro atoms. The van der Waals surface area contributed by atoms with Gasteiger partial charge in [0.2, 0.25) is 5.91 Å². The SMILES string of the molecule is Cc1ccc(S(=O)(=O)Nc2ccc(C(=O)N3CCC(C(=O)NCC(C)C)CC3)cc2)cc1. The number of rotatable bonds is 7. The molecule has 7 nitrogen and oxygen atoms in total. The summed E-state index contributed by atoms with van der Waals surface area (Å²) in [5, 5.41) is 2.97. The number of likely N-dealkylation sites (tertiary alicyclic amines) is 1. The van der Waals surface area contributed by atoms with Gasteiger partial charge in [0.25, 0.3) is 15.9 Å². The van der Waals surface area contributed by atoms with E-state index in [1.54, 1.807) is 53.4 Å². The largest absolute Gasteiger partial charge is 0.356 e. The minimum Gasteiger partial charge on any atom is -0.356 e. The predicted octanol–water partition coefficient (Wildman–Crippen LogP) is 3.42. The molecule has 0 aromatic heterocycles. The van der Waals surface area contributed by atoms with Gasteiger partial charge in [-0.05, 0) is 62.1 Å². The Hall–Kier alpha value is -2.87. The van der Waals surface area contributed by atoms with Gasteiger partial charge in [-0.25, -0.2) is 8.42 Å². The molecule has 2 aromatic rings. The number of piperidine rings is 1. The van der Waals surface area contributed by atoms with Crippen LogP contribution in [0.4, 0.5) is 5.69 Å². The molecule has 1 heterocycles. The van der Waals surface area contributed by atoms with Crippen molar-refractivity contribution < 1.29 is 18.0 Å². The number of amides is 2. The van der Waals surface area contributed by atoms with E-state index in [2.05, 4.69) is 23.9 Å². The normalized spacial score (nSPS) is 14.9. The highest BCUT2D eigenvalue weighted by molar-refractivity contribution is 7.92. The molecule has 1 saturated heterocycles. The molecule has 2 aromatic carbocycles. The molecule has 0 saturated carbocycles. The van der Waals surface area contributed by atoms with Crippen LogP contribution in [0.1, 0.15) is 42.6 Å². The molecule has 2 amide bonds. The molecule has 3 rings (SSSR count). The first-order valence-corrected chi connectivity index (χ1v) is 12.4. The van der Waals surface area contributed by atoms with Gasteiger partial charge in [0.05, 0.1) is 4.90 Å². The van der Waals surface area contributed by atoms with Crippen LogP contribution in [0.5, 0.6) is 0 Å².